The third kappa shape index (κ3) is 3.71. The predicted molar refractivity (Wildman–Crippen MR) is 120 cm³/mol. The molecule has 0 radical (unpaired) electrons. The summed E-state index contributed by atoms with van der Waals surface area (Å²) in [6, 6.07) is 11.9. The molecule has 0 aliphatic heterocycles. The molecule has 0 amide bonds. The van der Waals surface area contributed by atoms with Gasteiger partial charge in [-0.2, -0.15) is 10.2 Å². The number of nitrogens with zero attached hydrogens (tertiary/aromatic N) is 6. The smallest absolute Gasteiger partial charge is 0.142 e. The van der Waals surface area contributed by atoms with E-state index >= 15 is 0 Å². The molecule has 8 heteroatoms. The fourth-order valence-electron chi connectivity index (χ4n) is 3.48. The van der Waals surface area contributed by atoms with Crippen molar-refractivity contribution in [1.29, 1.82) is 0 Å². The molecule has 154 valence electrons. The van der Waals surface area contributed by atoms with Gasteiger partial charge in [-0.05, 0) is 29.8 Å². The van der Waals surface area contributed by atoms with E-state index in [-0.39, 0.29) is 0 Å². The third-order valence-corrected chi connectivity index (χ3v) is 5.08. The van der Waals surface area contributed by atoms with Crippen LogP contribution in [0.15, 0.2) is 67.4 Å². The summed E-state index contributed by atoms with van der Waals surface area (Å²) in [7, 11) is 5.45. The van der Waals surface area contributed by atoms with Gasteiger partial charge in [0.1, 0.15) is 11.6 Å². The molecule has 5 rings (SSSR count). The van der Waals surface area contributed by atoms with Crippen LogP contribution in [0.3, 0.4) is 0 Å². The number of ether oxygens (including phenoxy) is 1. The Morgan fingerprint density at radius 2 is 1.61 bits per heavy atom. The lowest BCUT2D eigenvalue weighted by molar-refractivity contribution is 0.417. The Balaban J connectivity index is 1.46. The van der Waals surface area contributed by atoms with Crippen LogP contribution in [-0.2, 0) is 14.1 Å². The largest absolute Gasteiger partial charge is 0.495 e. The highest BCUT2D eigenvalue weighted by Crippen LogP contribution is 2.32. The Labute approximate surface area is 179 Å². The average Bonchev–Trinajstić information content (AvgIpc) is 3.42. The maximum atomic E-state index is 5.61. The van der Waals surface area contributed by atoms with Crippen molar-refractivity contribution in [2.45, 2.75) is 0 Å². The molecule has 0 spiro atoms. The van der Waals surface area contributed by atoms with Crippen molar-refractivity contribution in [1.82, 2.24) is 29.5 Å². The van der Waals surface area contributed by atoms with E-state index in [1.165, 1.54) is 0 Å². The highest BCUT2D eigenvalue weighted by Gasteiger charge is 2.10. The molecule has 0 aliphatic carbocycles. The van der Waals surface area contributed by atoms with E-state index < -0.39 is 0 Å². The summed E-state index contributed by atoms with van der Waals surface area (Å²) in [4.78, 5) is 9.32. The summed E-state index contributed by atoms with van der Waals surface area (Å²) in [6.45, 7) is 0. The van der Waals surface area contributed by atoms with Gasteiger partial charge in [-0.25, -0.2) is 9.97 Å². The number of anilines is 2. The second-order valence-electron chi connectivity index (χ2n) is 7.30. The van der Waals surface area contributed by atoms with Gasteiger partial charge in [0.05, 0.1) is 36.4 Å². The van der Waals surface area contributed by atoms with Crippen molar-refractivity contribution in [2.75, 3.05) is 12.4 Å². The second-order valence-corrected chi connectivity index (χ2v) is 7.30. The van der Waals surface area contributed by atoms with Gasteiger partial charge in [-0.15, -0.1) is 0 Å². The number of fused-ring (bicyclic) bond motifs is 1. The van der Waals surface area contributed by atoms with Crippen molar-refractivity contribution in [2.24, 2.45) is 14.1 Å². The average molecular weight is 411 g/mol. The van der Waals surface area contributed by atoms with Gasteiger partial charge in [-0.3, -0.25) is 9.36 Å². The van der Waals surface area contributed by atoms with Crippen LogP contribution in [0.2, 0.25) is 0 Å². The fraction of sp³-hybridized carbons (Fsp3) is 0.130. The second kappa shape index (κ2) is 7.56. The molecular weight excluding hydrogens is 390 g/mol. The maximum Gasteiger partial charge on any atom is 0.142 e. The van der Waals surface area contributed by atoms with Crippen molar-refractivity contribution in [3.63, 3.8) is 0 Å². The summed E-state index contributed by atoms with van der Waals surface area (Å²) >= 11 is 0. The number of benzene rings is 1. The molecule has 4 aromatic heterocycles. The molecule has 4 heterocycles. The zero-order valence-corrected chi connectivity index (χ0v) is 17.4. The Morgan fingerprint density at radius 1 is 0.839 bits per heavy atom. The van der Waals surface area contributed by atoms with E-state index in [1.807, 2.05) is 81.5 Å². The lowest BCUT2D eigenvalue weighted by atomic mass is 10.1. The monoisotopic (exact) mass is 411 g/mol. The molecule has 8 nitrogen and oxygen atoms in total. The van der Waals surface area contributed by atoms with E-state index in [4.69, 9.17) is 9.72 Å². The number of methoxy groups -OCH3 is 1. The number of pyridine rings is 2. The van der Waals surface area contributed by atoms with Gasteiger partial charge in [0, 0.05) is 55.3 Å². The Bertz CT molecular complexity index is 1390. The molecule has 0 unspecified atom stereocenters. The Hall–Kier alpha value is -4.20. The molecule has 31 heavy (non-hydrogen) atoms. The fourth-order valence-corrected chi connectivity index (χ4v) is 3.48. The summed E-state index contributed by atoms with van der Waals surface area (Å²) in [6.07, 6.45) is 9.37. The molecule has 5 aromatic rings. The van der Waals surface area contributed by atoms with E-state index in [0.29, 0.717) is 5.82 Å². The molecule has 0 atom stereocenters. The van der Waals surface area contributed by atoms with Crippen LogP contribution >= 0.6 is 0 Å². The van der Waals surface area contributed by atoms with Crippen LogP contribution in [0.25, 0.3) is 33.3 Å². The number of hydrogen-bond donors (Lipinski definition) is 1. The van der Waals surface area contributed by atoms with E-state index in [1.54, 1.807) is 16.5 Å². The van der Waals surface area contributed by atoms with E-state index in [9.17, 15) is 0 Å². The number of hydrogen-bond acceptors (Lipinski definition) is 6. The summed E-state index contributed by atoms with van der Waals surface area (Å²) in [5, 5.41) is 12.8. The molecule has 0 bridgehead atoms. The summed E-state index contributed by atoms with van der Waals surface area (Å²) in [5.41, 5.74) is 5.59. The lowest BCUT2D eigenvalue weighted by Crippen LogP contribution is -1.97. The van der Waals surface area contributed by atoms with Gasteiger partial charge >= 0.3 is 0 Å². The number of nitrogens with one attached hydrogen (secondary N) is 1. The van der Waals surface area contributed by atoms with Crippen molar-refractivity contribution < 1.29 is 4.74 Å². The van der Waals surface area contributed by atoms with Crippen LogP contribution in [-0.4, -0.2) is 36.6 Å². The minimum atomic E-state index is 0.691. The van der Waals surface area contributed by atoms with Crippen LogP contribution in [0.5, 0.6) is 5.75 Å². The Kier molecular flexibility index (Phi) is 4.59. The zero-order chi connectivity index (χ0) is 21.4. The van der Waals surface area contributed by atoms with Gasteiger partial charge in [0.25, 0.3) is 0 Å². The molecule has 0 saturated heterocycles. The molecule has 0 saturated carbocycles. The normalized spacial score (nSPS) is 11.1. The summed E-state index contributed by atoms with van der Waals surface area (Å²) in [5.74, 6) is 1.41. The topological polar surface area (TPSA) is 82.7 Å². The minimum Gasteiger partial charge on any atom is -0.495 e. The van der Waals surface area contributed by atoms with E-state index in [2.05, 4.69) is 20.5 Å². The first-order valence-corrected chi connectivity index (χ1v) is 9.79. The van der Waals surface area contributed by atoms with Gasteiger partial charge in [-0.1, -0.05) is 6.07 Å². The SMILES string of the molecule is COc1cc(-c2cnn(C)c2)ccc1Nc1cc2nc(-c3cnn(C)c3)ccc2cn1. The van der Waals surface area contributed by atoms with Crippen LogP contribution in [0.4, 0.5) is 11.5 Å². The first-order valence-electron chi connectivity index (χ1n) is 9.79. The zero-order valence-electron chi connectivity index (χ0n) is 17.4. The van der Waals surface area contributed by atoms with E-state index in [0.717, 1.165) is 44.7 Å². The standard InChI is InChI=1S/C23H21N7O/c1-29-13-17(11-25-29)15-4-7-20(22(8-15)31-3)28-23-9-21-16(10-24-23)5-6-19(27-21)18-12-26-30(2)14-18/h4-14H,1-3H3,(H,24,28). The molecule has 1 aromatic carbocycles. The lowest BCUT2D eigenvalue weighted by Gasteiger charge is -2.12. The number of rotatable bonds is 5. The van der Waals surface area contributed by atoms with Crippen molar-refractivity contribution >= 4 is 22.4 Å². The first-order chi connectivity index (χ1) is 15.1. The van der Waals surface area contributed by atoms with Crippen molar-refractivity contribution in [3.8, 4) is 28.1 Å². The first kappa shape index (κ1) is 18.8. The van der Waals surface area contributed by atoms with Gasteiger partial charge in [0.15, 0.2) is 0 Å². The molecular formula is C23H21N7O. The molecule has 0 aliphatic rings. The predicted octanol–water partition coefficient (Wildman–Crippen LogP) is 4.18. The van der Waals surface area contributed by atoms with Crippen LogP contribution in [0, 0.1) is 0 Å². The van der Waals surface area contributed by atoms with Crippen molar-refractivity contribution in [3.05, 3.63) is 67.4 Å². The summed E-state index contributed by atoms with van der Waals surface area (Å²) < 4.78 is 9.15. The molecule has 0 fully saturated rings. The maximum absolute atomic E-state index is 5.61. The highest BCUT2D eigenvalue weighted by molar-refractivity contribution is 5.84. The number of aryl methyl sites for hydroxylation is 2. The quantitative estimate of drug-likeness (QED) is 0.467. The highest BCUT2D eigenvalue weighted by atomic mass is 16.5. The minimum absolute atomic E-state index is 0.691. The van der Waals surface area contributed by atoms with Gasteiger partial charge < -0.3 is 10.1 Å². The van der Waals surface area contributed by atoms with Gasteiger partial charge in [0.2, 0.25) is 0 Å². The van der Waals surface area contributed by atoms with Crippen LogP contribution in [0.1, 0.15) is 0 Å². The molecule has 1 N–H and O–H groups in total. The third-order valence-electron chi connectivity index (χ3n) is 5.08. The van der Waals surface area contributed by atoms with Crippen LogP contribution < -0.4 is 10.1 Å². The number of aromatic nitrogens is 6. The Morgan fingerprint density at radius 3 is 2.32 bits per heavy atom.